The third-order valence-electron chi connectivity index (χ3n) is 1.87. The zero-order valence-corrected chi connectivity index (χ0v) is 9.24. The molecule has 0 saturated carbocycles. The van der Waals surface area contributed by atoms with Crippen molar-refractivity contribution in [2.45, 2.75) is 13.0 Å². The molecule has 1 N–H and O–H groups in total. The lowest BCUT2D eigenvalue weighted by Crippen LogP contribution is -2.19. The second kappa shape index (κ2) is 5.60. The lowest BCUT2D eigenvalue weighted by molar-refractivity contribution is -0.274. The van der Waals surface area contributed by atoms with Crippen LogP contribution in [-0.4, -0.2) is 24.0 Å². The number of hydrogen-bond donors (Lipinski definition) is 1. The van der Waals surface area contributed by atoms with Crippen molar-refractivity contribution in [1.29, 1.82) is 5.26 Å². The molecule has 0 radical (unpaired) electrons. The van der Waals surface area contributed by atoms with Crippen LogP contribution < -0.4 is 9.47 Å². The third-order valence-corrected chi connectivity index (χ3v) is 1.87. The van der Waals surface area contributed by atoms with E-state index in [1.807, 2.05) is 0 Å². The maximum atomic E-state index is 12.1. The van der Waals surface area contributed by atoms with Crippen molar-refractivity contribution in [2.75, 3.05) is 0 Å². The second-order valence-electron chi connectivity index (χ2n) is 3.19. The average Bonchev–Trinajstić information content (AvgIpc) is 2.27. The highest BCUT2D eigenvalue weighted by molar-refractivity contribution is 5.92. The van der Waals surface area contributed by atoms with Gasteiger partial charge in [-0.2, -0.15) is 14.0 Å². The monoisotopic (exact) mass is 297 g/mol. The molecule has 20 heavy (non-hydrogen) atoms. The van der Waals surface area contributed by atoms with Crippen molar-refractivity contribution in [3.63, 3.8) is 0 Å². The largest absolute Gasteiger partial charge is 0.573 e. The molecule has 0 atom stereocenters. The Morgan fingerprint density at radius 2 is 1.90 bits per heavy atom. The van der Waals surface area contributed by atoms with Crippen molar-refractivity contribution < 1.29 is 41.3 Å². The Morgan fingerprint density at radius 3 is 2.30 bits per heavy atom. The summed E-state index contributed by atoms with van der Waals surface area (Å²) in [5.74, 6) is -3.94. The Morgan fingerprint density at radius 1 is 1.30 bits per heavy atom. The van der Waals surface area contributed by atoms with Crippen molar-refractivity contribution in [3.8, 4) is 17.6 Å². The van der Waals surface area contributed by atoms with Crippen molar-refractivity contribution in [2.24, 2.45) is 0 Å². The Balaban J connectivity index is 3.38. The molecule has 0 aromatic heterocycles. The number of ether oxygens (including phenoxy) is 2. The van der Waals surface area contributed by atoms with Gasteiger partial charge in [0.15, 0.2) is 0 Å². The minimum Gasteiger partial charge on any atom is -0.478 e. The SMILES string of the molecule is N#Cc1cc(OC(F)(F)F)c(C(=O)O)cc1OC(F)F. The number of nitrogens with zero attached hydrogens (tertiary/aromatic N) is 1. The predicted molar refractivity (Wildman–Crippen MR) is 51.4 cm³/mol. The Labute approximate surface area is 107 Å². The summed E-state index contributed by atoms with van der Waals surface area (Å²) in [6.07, 6.45) is -5.21. The van der Waals surface area contributed by atoms with Crippen LogP contribution in [0.15, 0.2) is 12.1 Å². The molecular weight excluding hydrogens is 293 g/mol. The number of nitriles is 1. The van der Waals surface area contributed by atoms with Gasteiger partial charge in [-0.3, -0.25) is 0 Å². The maximum Gasteiger partial charge on any atom is 0.573 e. The molecule has 0 bridgehead atoms. The number of hydrogen-bond acceptors (Lipinski definition) is 4. The van der Waals surface area contributed by atoms with Crippen LogP contribution in [0, 0.1) is 11.3 Å². The number of alkyl halides is 5. The molecule has 0 fully saturated rings. The van der Waals surface area contributed by atoms with E-state index in [2.05, 4.69) is 9.47 Å². The van der Waals surface area contributed by atoms with Gasteiger partial charge >= 0.3 is 18.9 Å². The van der Waals surface area contributed by atoms with E-state index in [1.54, 1.807) is 0 Å². The molecule has 0 heterocycles. The van der Waals surface area contributed by atoms with Gasteiger partial charge in [0.25, 0.3) is 0 Å². The molecule has 0 saturated heterocycles. The highest BCUT2D eigenvalue weighted by atomic mass is 19.4. The lowest BCUT2D eigenvalue weighted by atomic mass is 10.1. The Hall–Kier alpha value is -2.57. The third kappa shape index (κ3) is 3.98. The second-order valence-corrected chi connectivity index (χ2v) is 3.19. The topological polar surface area (TPSA) is 79.5 Å². The molecule has 0 amide bonds. The number of benzene rings is 1. The molecular formula is C10H4F5NO4. The predicted octanol–water partition coefficient (Wildman–Crippen LogP) is 2.76. The first-order valence-electron chi connectivity index (χ1n) is 4.66. The number of rotatable bonds is 4. The minimum atomic E-state index is -5.21. The van der Waals surface area contributed by atoms with E-state index in [0.717, 1.165) is 0 Å². The Kier molecular flexibility index (Phi) is 4.34. The molecule has 1 aromatic carbocycles. The summed E-state index contributed by atoms with van der Waals surface area (Å²) in [6, 6.07) is 2.01. The number of carboxylic acids is 1. The zero-order chi connectivity index (χ0) is 15.5. The molecule has 0 aliphatic rings. The summed E-state index contributed by atoms with van der Waals surface area (Å²) in [7, 11) is 0. The summed E-state index contributed by atoms with van der Waals surface area (Å²) in [5, 5.41) is 17.3. The summed E-state index contributed by atoms with van der Waals surface area (Å²) >= 11 is 0. The first-order valence-corrected chi connectivity index (χ1v) is 4.66. The van der Waals surface area contributed by atoms with Crippen LogP contribution in [0.2, 0.25) is 0 Å². The van der Waals surface area contributed by atoms with Gasteiger partial charge in [-0.25, -0.2) is 4.79 Å². The maximum absolute atomic E-state index is 12.1. The lowest BCUT2D eigenvalue weighted by Gasteiger charge is -2.14. The fraction of sp³-hybridized carbons (Fsp3) is 0.200. The van der Waals surface area contributed by atoms with E-state index >= 15 is 0 Å². The van der Waals surface area contributed by atoms with Crippen molar-refractivity contribution in [3.05, 3.63) is 23.3 Å². The molecule has 1 aromatic rings. The smallest absolute Gasteiger partial charge is 0.478 e. The number of halogens is 5. The van der Waals surface area contributed by atoms with Gasteiger partial charge in [-0.15, -0.1) is 13.2 Å². The number of carboxylic acid groups (broad SMARTS) is 1. The van der Waals surface area contributed by atoms with E-state index < -0.39 is 41.6 Å². The summed E-state index contributed by atoms with van der Waals surface area (Å²) in [6.45, 7) is -3.38. The van der Waals surface area contributed by atoms with Crippen LogP contribution in [-0.2, 0) is 0 Å². The zero-order valence-electron chi connectivity index (χ0n) is 9.24. The molecule has 0 aliphatic heterocycles. The standard InChI is InChI=1S/C10H4F5NO4/c11-9(12)19-6-2-5(8(17)18)7(1-4(6)3-16)20-10(13,14)15/h1-2,9H,(H,17,18). The van der Waals surface area contributed by atoms with Crippen LogP contribution in [0.5, 0.6) is 11.5 Å². The quantitative estimate of drug-likeness (QED) is 0.864. The van der Waals surface area contributed by atoms with Gasteiger partial charge < -0.3 is 14.6 Å². The van der Waals surface area contributed by atoms with Gasteiger partial charge in [0.1, 0.15) is 23.1 Å². The van der Waals surface area contributed by atoms with E-state index in [-0.39, 0.29) is 0 Å². The normalized spacial score (nSPS) is 11.1. The fourth-order valence-electron chi connectivity index (χ4n) is 1.22. The van der Waals surface area contributed by atoms with Crippen LogP contribution in [0.25, 0.3) is 0 Å². The highest BCUT2D eigenvalue weighted by Crippen LogP contribution is 2.33. The van der Waals surface area contributed by atoms with E-state index in [1.165, 1.54) is 6.07 Å². The summed E-state index contributed by atoms with van der Waals surface area (Å²) in [4.78, 5) is 10.8. The van der Waals surface area contributed by atoms with Crippen LogP contribution in [0.4, 0.5) is 22.0 Å². The molecule has 5 nitrogen and oxygen atoms in total. The van der Waals surface area contributed by atoms with Gasteiger partial charge in [0.2, 0.25) is 0 Å². The van der Waals surface area contributed by atoms with Crippen LogP contribution >= 0.6 is 0 Å². The van der Waals surface area contributed by atoms with Gasteiger partial charge in [0, 0.05) is 12.1 Å². The highest BCUT2D eigenvalue weighted by Gasteiger charge is 2.34. The molecule has 10 heteroatoms. The number of aromatic carboxylic acids is 1. The molecule has 0 unspecified atom stereocenters. The van der Waals surface area contributed by atoms with E-state index in [0.29, 0.717) is 12.1 Å². The minimum absolute atomic E-state index is 0.355. The van der Waals surface area contributed by atoms with Crippen molar-refractivity contribution in [1.82, 2.24) is 0 Å². The van der Waals surface area contributed by atoms with E-state index in [4.69, 9.17) is 10.4 Å². The fourth-order valence-corrected chi connectivity index (χ4v) is 1.22. The van der Waals surface area contributed by atoms with Crippen LogP contribution in [0.3, 0.4) is 0 Å². The molecule has 1 rings (SSSR count). The summed E-state index contributed by atoms with van der Waals surface area (Å²) in [5.41, 5.74) is -1.80. The number of carbonyl (C=O) groups is 1. The van der Waals surface area contributed by atoms with Crippen molar-refractivity contribution >= 4 is 5.97 Å². The molecule has 0 spiro atoms. The van der Waals surface area contributed by atoms with E-state index in [9.17, 15) is 26.7 Å². The van der Waals surface area contributed by atoms with Gasteiger partial charge in [-0.05, 0) is 0 Å². The van der Waals surface area contributed by atoms with Gasteiger partial charge in [-0.1, -0.05) is 0 Å². The Bertz CT molecular complexity index is 564. The van der Waals surface area contributed by atoms with Gasteiger partial charge in [0.05, 0.1) is 5.56 Å². The molecule has 0 aliphatic carbocycles. The first kappa shape index (κ1) is 15.5. The average molecular weight is 297 g/mol. The van der Waals surface area contributed by atoms with Crippen LogP contribution in [0.1, 0.15) is 15.9 Å². The molecule has 108 valence electrons. The first-order chi connectivity index (χ1) is 9.14. The summed E-state index contributed by atoms with van der Waals surface area (Å²) < 4.78 is 67.6.